The number of halogens is 2. The summed E-state index contributed by atoms with van der Waals surface area (Å²) in [5, 5.41) is 9.97. The summed E-state index contributed by atoms with van der Waals surface area (Å²) >= 11 is 5.60. The van der Waals surface area contributed by atoms with Crippen LogP contribution >= 0.6 is 11.6 Å². The highest BCUT2D eigenvalue weighted by Crippen LogP contribution is 2.20. The summed E-state index contributed by atoms with van der Waals surface area (Å²) in [4.78, 5) is 1.79. The number of nitrogens with zero attached hydrogens (tertiary/aromatic N) is 1. The van der Waals surface area contributed by atoms with Crippen molar-refractivity contribution in [1.29, 1.82) is 0 Å². The Kier molecular flexibility index (Phi) is 3.86. The van der Waals surface area contributed by atoms with E-state index in [1.807, 2.05) is 14.1 Å². The molecule has 1 aromatic rings. The molecule has 0 saturated heterocycles. The minimum Gasteiger partial charge on any atom is -0.387 e. The predicted octanol–water partition coefficient (Wildman–Crippen LogP) is 2.07. The Morgan fingerprint density at radius 2 is 2.14 bits per heavy atom. The molecule has 0 aliphatic heterocycles. The van der Waals surface area contributed by atoms with Crippen molar-refractivity contribution in [2.75, 3.05) is 20.6 Å². The first-order valence-electron chi connectivity index (χ1n) is 4.28. The molecule has 0 aromatic heterocycles. The lowest BCUT2D eigenvalue weighted by Gasteiger charge is -2.16. The van der Waals surface area contributed by atoms with E-state index >= 15 is 0 Å². The maximum Gasteiger partial charge on any atom is 0.130 e. The van der Waals surface area contributed by atoms with E-state index in [1.54, 1.807) is 11.0 Å². The minimum absolute atomic E-state index is 0.281. The van der Waals surface area contributed by atoms with Crippen molar-refractivity contribution in [3.05, 3.63) is 34.6 Å². The smallest absolute Gasteiger partial charge is 0.130 e. The number of aliphatic hydroxyl groups excluding tert-OH is 1. The fourth-order valence-corrected chi connectivity index (χ4v) is 1.37. The normalized spacial score (nSPS) is 13.3. The topological polar surface area (TPSA) is 23.5 Å². The van der Waals surface area contributed by atoms with E-state index in [1.165, 1.54) is 12.1 Å². The zero-order chi connectivity index (χ0) is 10.7. The van der Waals surface area contributed by atoms with Gasteiger partial charge in [0.25, 0.3) is 0 Å². The van der Waals surface area contributed by atoms with E-state index in [4.69, 9.17) is 11.6 Å². The summed E-state index contributed by atoms with van der Waals surface area (Å²) in [5.74, 6) is -0.466. The zero-order valence-corrected chi connectivity index (χ0v) is 8.92. The van der Waals surface area contributed by atoms with Gasteiger partial charge in [-0.05, 0) is 26.2 Å². The lowest BCUT2D eigenvalue weighted by atomic mass is 10.1. The zero-order valence-electron chi connectivity index (χ0n) is 8.17. The maximum absolute atomic E-state index is 13.3. The monoisotopic (exact) mass is 217 g/mol. The molecule has 0 radical (unpaired) electrons. The second kappa shape index (κ2) is 4.73. The molecular weight excluding hydrogens is 205 g/mol. The summed E-state index contributed by atoms with van der Waals surface area (Å²) in [6.45, 7) is 0.387. The van der Waals surface area contributed by atoms with Crippen LogP contribution in [0.3, 0.4) is 0 Å². The summed E-state index contributed by atoms with van der Waals surface area (Å²) in [7, 11) is 3.63. The second-order valence-electron chi connectivity index (χ2n) is 3.44. The van der Waals surface area contributed by atoms with Gasteiger partial charge in [-0.3, -0.25) is 0 Å². The lowest BCUT2D eigenvalue weighted by Crippen LogP contribution is -2.20. The third kappa shape index (κ3) is 2.94. The Hall–Kier alpha value is -0.640. The highest BCUT2D eigenvalue weighted by Gasteiger charge is 2.13. The molecule has 1 aromatic carbocycles. The van der Waals surface area contributed by atoms with Gasteiger partial charge in [-0.25, -0.2) is 4.39 Å². The van der Waals surface area contributed by atoms with Crippen molar-refractivity contribution < 1.29 is 9.50 Å². The molecule has 1 N–H and O–H groups in total. The van der Waals surface area contributed by atoms with Crippen molar-refractivity contribution in [1.82, 2.24) is 4.90 Å². The minimum atomic E-state index is -0.817. The fourth-order valence-electron chi connectivity index (χ4n) is 1.22. The number of hydrogen-bond donors (Lipinski definition) is 1. The average molecular weight is 218 g/mol. The molecular formula is C10H13ClFNO. The fraction of sp³-hybridized carbons (Fsp3) is 0.400. The third-order valence-electron chi connectivity index (χ3n) is 1.86. The van der Waals surface area contributed by atoms with Crippen molar-refractivity contribution in [2.45, 2.75) is 6.10 Å². The molecule has 0 saturated carbocycles. The van der Waals surface area contributed by atoms with Gasteiger partial charge in [-0.15, -0.1) is 0 Å². The van der Waals surface area contributed by atoms with Crippen molar-refractivity contribution in [3.8, 4) is 0 Å². The van der Waals surface area contributed by atoms with Gasteiger partial charge in [0.1, 0.15) is 5.82 Å². The summed E-state index contributed by atoms with van der Waals surface area (Å²) in [6.07, 6.45) is -0.817. The van der Waals surface area contributed by atoms with Gasteiger partial charge in [-0.1, -0.05) is 17.7 Å². The molecule has 0 bridgehead atoms. The van der Waals surface area contributed by atoms with Crippen LogP contribution in [0.15, 0.2) is 18.2 Å². The summed E-state index contributed by atoms with van der Waals surface area (Å²) < 4.78 is 13.3. The molecule has 2 nitrogen and oxygen atoms in total. The Balaban J connectivity index is 2.84. The van der Waals surface area contributed by atoms with Crippen molar-refractivity contribution >= 4 is 11.6 Å². The third-order valence-corrected chi connectivity index (χ3v) is 2.09. The molecule has 0 spiro atoms. The Labute approximate surface area is 87.9 Å². The van der Waals surface area contributed by atoms with Crippen LogP contribution in [0, 0.1) is 5.82 Å². The molecule has 1 atom stereocenters. The van der Waals surface area contributed by atoms with Crippen LogP contribution in [-0.2, 0) is 0 Å². The van der Waals surface area contributed by atoms with Crippen LogP contribution in [0.1, 0.15) is 11.7 Å². The van der Waals surface area contributed by atoms with Gasteiger partial charge >= 0.3 is 0 Å². The number of aliphatic hydroxyl groups is 1. The van der Waals surface area contributed by atoms with Crippen LogP contribution in [0.2, 0.25) is 5.02 Å². The van der Waals surface area contributed by atoms with Crippen LogP contribution in [-0.4, -0.2) is 30.6 Å². The molecule has 0 aliphatic carbocycles. The highest BCUT2D eigenvalue weighted by molar-refractivity contribution is 6.30. The number of hydrogen-bond acceptors (Lipinski definition) is 2. The molecule has 1 rings (SSSR count). The van der Waals surface area contributed by atoms with Gasteiger partial charge in [0.05, 0.1) is 6.10 Å². The molecule has 0 fully saturated rings. The molecule has 4 heteroatoms. The van der Waals surface area contributed by atoms with Crippen molar-refractivity contribution in [3.63, 3.8) is 0 Å². The quantitative estimate of drug-likeness (QED) is 0.838. The van der Waals surface area contributed by atoms with Gasteiger partial charge in [0.15, 0.2) is 0 Å². The predicted molar refractivity (Wildman–Crippen MR) is 54.9 cm³/mol. The first kappa shape index (κ1) is 11.4. The Morgan fingerprint density at radius 3 is 2.64 bits per heavy atom. The van der Waals surface area contributed by atoms with E-state index in [0.717, 1.165) is 0 Å². The van der Waals surface area contributed by atoms with Gasteiger partial charge in [-0.2, -0.15) is 0 Å². The Bertz CT molecular complexity index is 317. The number of benzene rings is 1. The number of rotatable bonds is 3. The first-order chi connectivity index (χ1) is 6.50. The van der Waals surface area contributed by atoms with Gasteiger partial charge in [0, 0.05) is 17.1 Å². The van der Waals surface area contributed by atoms with E-state index in [0.29, 0.717) is 11.6 Å². The maximum atomic E-state index is 13.3. The van der Waals surface area contributed by atoms with Gasteiger partial charge < -0.3 is 10.0 Å². The standard InChI is InChI=1S/C10H13ClFNO/c1-13(2)6-10(14)8-4-3-7(11)5-9(8)12/h3-5,10,14H,6H2,1-2H3. The van der Waals surface area contributed by atoms with E-state index in [9.17, 15) is 9.50 Å². The van der Waals surface area contributed by atoms with E-state index in [-0.39, 0.29) is 5.56 Å². The molecule has 1 unspecified atom stereocenters. The summed E-state index contributed by atoms with van der Waals surface area (Å²) in [6, 6.07) is 4.28. The van der Waals surface area contributed by atoms with E-state index < -0.39 is 11.9 Å². The Morgan fingerprint density at radius 1 is 1.50 bits per heavy atom. The van der Waals surface area contributed by atoms with Crippen LogP contribution < -0.4 is 0 Å². The van der Waals surface area contributed by atoms with Crippen LogP contribution in [0.4, 0.5) is 4.39 Å². The molecule has 0 amide bonds. The van der Waals surface area contributed by atoms with Crippen molar-refractivity contribution in [2.24, 2.45) is 0 Å². The SMILES string of the molecule is CN(C)CC(O)c1ccc(Cl)cc1F. The lowest BCUT2D eigenvalue weighted by molar-refractivity contribution is 0.134. The van der Waals surface area contributed by atoms with Crippen LogP contribution in [0.25, 0.3) is 0 Å². The molecule has 78 valence electrons. The van der Waals surface area contributed by atoms with Gasteiger partial charge in [0.2, 0.25) is 0 Å². The summed E-state index contributed by atoms with van der Waals surface area (Å²) in [5.41, 5.74) is 0.281. The van der Waals surface area contributed by atoms with E-state index in [2.05, 4.69) is 0 Å². The first-order valence-corrected chi connectivity index (χ1v) is 4.66. The molecule has 0 aliphatic rings. The second-order valence-corrected chi connectivity index (χ2v) is 3.88. The highest BCUT2D eigenvalue weighted by atomic mass is 35.5. The van der Waals surface area contributed by atoms with Crippen LogP contribution in [0.5, 0.6) is 0 Å². The molecule has 0 heterocycles. The average Bonchev–Trinajstić information content (AvgIpc) is 2.01. The molecule has 14 heavy (non-hydrogen) atoms. The number of likely N-dealkylation sites (N-methyl/N-ethyl adjacent to an activating group) is 1. The largest absolute Gasteiger partial charge is 0.387 e.